The number of benzene rings is 1. The van der Waals surface area contributed by atoms with Crippen LogP contribution in [-0.2, 0) is 16.6 Å². The topological polar surface area (TPSA) is 66.4 Å². The third kappa shape index (κ3) is 2.71. The van der Waals surface area contributed by atoms with Crippen LogP contribution in [0.5, 0.6) is 0 Å². The Morgan fingerprint density at radius 2 is 2.00 bits per heavy atom. The van der Waals surface area contributed by atoms with Crippen LogP contribution in [0.2, 0.25) is 0 Å². The van der Waals surface area contributed by atoms with E-state index in [2.05, 4.69) is 4.72 Å². The molecule has 0 amide bonds. The molecular weight excluding hydrogens is 202 g/mol. The van der Waals surface area contributed by atoms with Crippen LogP contribution in [0.15, 0.2) is 24.3 Å². The number of hydrogen-bond donors (Lipinski definition) is 2. The number of nitrogens with one attached hydrogen (secondary N) is 1. The normalized spacial score (nSPS) is 11.3. The molecule has 0 bridgehead atoms. The first-order chi connectivity index (χ1) is 6.59. The van der Waals surface area contributed by atoms with Gasteiger partial charge in [0.15, 0.2) is 0 Å². The molecule has 0 heterocycles. The molecule has 0 spiro atoms. The van der Waals surface area contributed by atoms with Crippen LogP contribution >= 0.6 is 0 Å². The van der Waals surface area contributed by atoms with Crippen molar-refractivity contribution in [3.8, 4) is 0 Å². The van der Waals surface area contributed by atoms with Gasteiger partial charge in [-0.15, -0.1) is 0 Å². The predicted octanol–water partition coefficient (Wildman–Crippen LogP) is 0.940. The van der Waals surface area contributed by atoms with Crippen LogP contribution in [0.3, 0.4) is 0 Å². The molecule has 0 aliphatic heterocycles. The van der Waals surface area contributed by atoms with Crippen molar-refractivity contribution in [1.82, 2.24) is 0 Å². The summed E-state index contributed by atoms with van der Waals surface area (Å²) in [6.07, 6.45) is 0. The van der Waals surface area contributed by atoms with Crippen LogP contribution in [-0.4, -0.2) is 19.3 Å². The van der Waals surface area contributed by atoms with Crippen LogP contribution in [0.4, 0.5) is 5.69 Å². The Hall–Kier alpha value is -1.07. The van der Waals surface area contributed by atoms with Gasteiger partial charge in [0, 0.05) is 5.56 Å². The van der Waals surface area contributed by atoms with Gasteiger partial charge < -0.3 is 5.11 Å². The van der Waals surface area contributed by atoms with Crippen LogP contribution in [0.25, 0.3) is 0 Å². The van der Waals surface area contributed by atoms with Crippen LogP contribution in [0.1, 0.15) is 12.5 Å². The van der Waals surface area contributed by atoms with Crippen molar-refractivity contribution in [2.75, 3.05) is 10.5 Å². The fraction of sp³-hybridized carbons (Fsp3) is 0.333. The highest BCUT2D eigenvalue weighted by Gasteiger charge is 2.08. The highest BCUT2D eigenvalue weighted by molar-refractivity contribution is 7.92. The van der Waals surface area contributed by atoms with E-state index in [9.17, 15) is 8.42 Å². The fourth-order valence-electron chi connectivity index (χ4n) is 0.997. The van der Waals surface area contributed by atoms with E-state index in [0.29, 0.717) is 11.3 Å². The molecule has 0 unspecified atom stereocenters. The number of rotatable bonds is 4. The fourth-order valence-corrected chi connectivity index (χ4v) is 1.68. The van der Waals surface area contributed by atoms with Crippen LogP contribution in [0, 0.1) is 0 Å². The monoisotopic (exact) mass is 215 g/mol. The van der Waals surface area contributed by atoms with E-state index in [0.717, 1.165) is 0 Å². The molecule has 0 saturated heterocycles. The smallest absolute Gasteiger partial charge is 0.232 e. The Morgan fingerprint density at radius 1 is 1.36 bits per heavy atom. The summed E-state index contributed by atoms with van der Waals surface area (Å²) in [6.45, 7) is 1.38. The number of hydrogen-bond acceptors (Lipinski definition) is 3. The van der Waals surface area contributed by atoms with E-state index in [-0.39, 0.29) is 12.4 Å². The lowest BCUT2D eigenvalue weighted by Gasteiger charge is -2.09. The number of aliphatic hydroxyl groups is 1. The third-order valence-corrected chi connectivity index (χ3v) is 3.12. The Balaban J connectivity index is 2.97. The molecule has 0 saturated carbocycles. The molecular formula is C9H13NO3S. The minimum absolute atomic E-state index is 0.0206. The van der Waals surface area contributed by atoms with E-state index >= 15 is 0 Å². The van der Waals surface area contributed by atoms with Crippen molar-refractivity contribution in [2.45, 2.75) is 13.5 Å². The molecule has 1 aromatic rings. The van der Waals surface area contributed by atoms with E-state index in [4.69, 9.17) is 5.11 Å². The molecule has 5 heteroatoms. The minimum atomic E-state index is -3.27. The predicted molar refractivity (Wildman–Crippen MR) is 55.4 cm³/mol. The molecule has 0 fully saturated rings. The largest absolute Gasteiger partial charge is 0.392 e. The zero-order valence-electron chi connectivity index (χ0n) is 7.90. The van der Waals surface area contributed by atoms with Crippen molar-refractivity contribution >= 4 is 15.7 Å². The Labute approximate surface area is 83.6 Å². The molecule has 0 radical (unpaired) electrons. The average Bonchev–Trinajstić information content (AvgIpc) is 2.18. The second-order valence-corrected chi connectivity index (χ2v) is 4.83. The van der Waals surface area contributed by atoms with Crippen molar-refractivity contribution in [3.05, 3.63) is 29.8 Å². The standard InChI is InChI=1S/C9H13NO3S/c1-2-14(12,13)10-9-6-4-3-5-8(9)7-11/h3-6,10-11H,2,7H2,1H3. The number of sulfonamides is 1. The van der Waals surface area contributed by atoms with Gasteiger partial charge in [-0.1, -0.05) is 18.2 Å². The summed E-state index contributed by atoms with van der Waals surface area (Å²) >= 11 is 0. The second-order valence-electron chi connectivity index (χ2n) is 2.82. The van der Waals surface area contributed by atoms with Crippen molar-refractivity contribution in [2.24, 2.45) is 0 Å². The highest BCUT2D eigenvalue weighted by atomic mass is 32.2. The first-order valence-electron chi connectivity index (χ1n) is 4.28. The molecule has 14 heavy (non-hydrogen) atoms. The first-order valence-corrected chi connectivity index (χ1v) is 5.93. The average molecular weight is 215 g/mol. The number of para-hydroxylation sites is 1. The molecule has 78 valence electrons. The van der Waals surface area contributed by atoms with Gasteiger partial charge in [0.1, 0.15) is 0 Å². The summed E-state index contributed by atoms with van der Waals surface area (Å²) in [5.74, 6) is 0.0206. The van der Waals surface area contributed by atoms with Crippen LogP contribution < -0.4 is 4.72 Å². The van der Waals surface area contributed by atoms with E-state index in [1.807, 2.05) is 0 Å². The summed E-state index contributed by atoms with van der Waals surface area (Å²) in [4.78, 5) is 0. The molecule has 4 nitrogen and oxygen atoms in total. The van der Waals surface area contributed by atoms with Gasteiger partial charge in [-0.25, -0.2) is 8.42 Å². The zero-order chi connectivity index (χ0) is 10.6. The Bertz CT molecular complexity index is 400. The summed E-state index contributed by atoms with van der Waals surface area (Å²) in [5, 5.41) is 8.95. The Kier molecular flexibility index (Phi) is 3.49. The Morgan fingerprint density at radius 3 is 2.57 bits per heavy atom. The lowest BCUT2D eigenvalue weighted by Crippen LogP contribution is -2.15. The van der Waals surface area contributed by atoms with Crippen molar-refractivity contribution < 1.29 is 13.5 Å². The van der Waals surface area contributed by atoms with Gasteiger partial charge in [0.2, 0.25) is 10.0 Å². The van der Waals surface area contributed by atoms with Gasteiger partial charge >= 0.3 is 0 Å². The van der Waals surface area contributed by atoms with Crippen molar-refractivity contribution in [3.63, 3.8) is 0 Å². The van der Waals surface area contributed by atoms with Gasteiger partial charge in [-0.2, -0.15) is 0 Å². The molecule has 0 aromatic heterocycles. The minimum Gasteiger partial charge on any atom is -0.392 e. The SMILES string of the molecule is CCS(=O)(=O)Nc1ccccc1CO. The van der Waals surface area contributed by atoms with E-state index < -0.39 is 10.0 Å². The quantitative estimate of drug-likeness (QED) is 0.785. The third-order valence-electron chi connectivity index (χ3n) is 1.83. The molecule has 0 aliphatic rings. The number of aliphatic hydroxyl groups excluding tert-OH is 1. The van der Waals surface area contributed by atoms with Gasteiger partial charge in [0.05, 0.1) is 18.0 Å². The lowest BCUT2D eigenvalue weighted by atomic mass is 10.2. The molecule has 0 atom stereocenters. The highest BCUT2D eigenvalue weighted by Crippen LogP contribution is 2.16. The lowest BCUT2D eigenvalue weighted by molar-refractivity contribution is 0.282. The number of anilines is 1. The zero-order valence-corrected chi connectivity index (χ0v) is 8.71. The second kappa shape index (κ2) is 4.43. The van der Waals surface area contributed by atoms with E-state index in [1.165, 1.54) is 0 Å². The maximum atomic E-state index is 11.2. The van der Waals surface area contributed by atoms with Gasteiger partial charge in [0.25, 0.3) is 0 Å². The summed E-state index contributed by atoms with van der Waals surface area (Å²) in [6, 6.07) is 6.76. The first kappa shape index (κ1) is 11.0. The molecule has 0 aliphatic carbocycles. The van der Waals surface area contributed by atoms with Crippen molar-refractivity contribution in [1.29, 1.82) is 0 Å². The van der Waals surface area contributed by atoms with Gasteiger partial charge in [-0.3, -0.25) is 4.72 Å². The maximum absolute atomic E-state index is 11.2. The maximum Gasteiger partial charge on any atom is 0.232 e. The molecule has 2 N–H and O–H groups in total. The summed E-state index contributed by atoms with van der Waals surface area (Å²) in [7, 11) is -3.27. The molecule has 1 rings (SSSR count). The van der Waals surface area contributed by atoms with E-state index in [1.54, 1.807) is 31.2 Å². The summed E-state index contributed by atoms with van der Waals surface area (Å²) < 4.78 is 24.9. The van der Waals surface area contributed by atoms with Gasteiger partial charge in [-0.05, 0) is 13.0 Å². The summed E-state index contributed by atoms with van der Waals surface area (Å²) in [5.41, 5.74) is 1.02. The molecule has 1 aromatic carbocycles.